The van der Waals surface area contributed by atoms with E-state index in [1.807, 2.05) is 79.7 Å². The molecule has 0 bridgehead atoms. The molecular weight excluding hydrogens is 894 g/mol. The zero-order chi connectivity index (χ0) is 46.0. The Morgan fingerprint density at radius 2 is 0.838 bits per heavy atom. The topological polar surface area (TPSA) is 138 Å². The van der Waals surface area contributed by atoms with Gasteiger partial charge in [0.25, 0.3) is 0 Å². The van der Waals surface area contributed by atoms with E-state index < -0.39 is 0 Å². The fraction of sp³-hybridized carbons (Fsp3) is 0. The van der Waals surface area contributed by atoms with Crippen LogP contribution in [0.4, 0.5) is 0 Å². The summed E-state index contributed by atoms with van der Waals surface area (Å²) in [6.07, 6.45) is 32.0. The summed E-state index contributed by atoms with van der Waals surface area (Å²) >= 11 is 0.932. The number of H-pyrrole nitrogens is 1. The molecule has 0 spiro atoms. The minimum absolute atomic E-state index is 0.527. The SMILES string of the molecule is C=C/C(N)=C(C1=N/C(=C(/c2ccc(-n3ccnc3)cc2)c2ccc(/C(=C3/C=CC([C](=[Zn])c4ccc(-n5ccnc5)cc4)=N3)c3ccc(-n4ccnc4)cc3)[nH]2)C=C1)\c1ccc(-n2ccnc2)cc1. The van der Waals surface area contributed by atoms with Gasteiger partial charge in [-0.3, -0.25) is 0 Å². The molecule has 5 aromatic heterocycles. The first-order valence-electron chi connectivity index (χ1n) is 21.9. The van der Waals surface area contributed by atoms with Crippen molar-refractivity contribution >= 4 is 32.2 Å². The number of aromatic amines is 1. The average Bonchev–Trinajstić information content (AvgIpc) is 4.23. The molecule has 0 atom stereocenters. The summed E-state index contributed by atoms with van der Waals surface area (Å²) in [7, 11) is 0. The zero-order valence-corrected chi connectivity index (χ0v) is 39.6. The molecule has 2 aliphatic rings. The van der Waals surface area contributed by atoms with Crippen molar-refractivity contribution in [3.63, 3.8) is 0 Å². The maximum absolute atomic E-state index is 6.72. The van der Waals surface area contributed by atoms with Crippen molar-refractivity contribution in [2.75, 3.05) is 0 Å². The fourth-order valence-corrected chi connectivity index (χ4v) is 9.38. The van der Waals surface area contributed by atoms with Gasteiger partial charge in [0.15, 0.2) is 0 Å². The van der Waals surface area contributed by atoms with Gasteiger partial charge in [-0.25, -0.2) is 9.97 Å². The predicted molar refractivity (Wildman–Crippen MR) is 266 cm³/mol. The summed E-state index contributed by atoms with van der Waals surface area (Å²) in [6, 6.07) is 37.9. The summed E-state index contributed by atoms with van der Waals surface area (Å²) in [4.78, 5) is 31.5. The number of hydrogen-bond acceptors (Lipinski definition) is 7. The monoisotopic (exact) mass is 932 g/mol. The van der Waals surface area contributed by atoms with Crippen LogP contribution in [0.3, 0.4) is 0 Å². The molecule has 12 nitrogen and oxygen atoms in total. The molecule has 3 N–H and O–H groups in total. The number of hydrogen-bond donors (Lipinski definition) is 2. The van der Waals surface area contributed by atoms with Crippen LogP contribution in [0, 0.1) is 0 Å². The van der Waals surface area contributed by atoms with E-state index in [1.54, 1.807) is 49.8 Å². The number of aliphatic imine (C=N–C) groups is 2. The van der Waals surface area contributed by atoms with E-state index in [9.17, 15) is 0 Å². The van der Waals surface area contributed by atoms with Crippen molar-refractivity contribution in [3.8, 4) is 22.7 Å². The second-order valence-electron chi connectivity index (χ2n) is 16.0. The van der Waals surface area contributed by atoms with Gasteiger partial charge in [0, 0.05) is 47.4 Å². The molecule has 0 unspecified atom stereocenters. The summed E-state index contributed by atoms with van der Waals surface area (Å²) in [5.74, 6) is 0. The Balaban J connectivity index is 1.01. The van der Waals surface area contributed by atoms with Crippen molar-refractivity contribution in [2.45, 2.75) is 0 Å². The van der Waals surface area contributed by atoms with Crippen LogP contribution in [0.2, 0.25) is 0 Å². The molecule has 2 aliphatic heterocycles. The van der Waals surface area contributed by atoms with Gasteiger partial charge in [0.1, 0.15) is 0 Å². The number of aromatic nitrogens is 9. The minimum Gasteiger partial charge on any atom is -0.306 e. The first-order valence-corrected chi connectivity index (χ1v) is 23.3. The molecule has 9 aromatic rings. The van der Waals surface area contributed by atoms with Crippen LogP contribution < -0.4 is 5.73 Å². The Morgan fingerprint density at radius 1 is 0.471 bits per heavy atom. The number of rotatable bonds is 13. The summed E-state index contributed by atoms with van der Waals surface area (Å²) in [5.41, 5.74) is 23.2. The van der Waals surface area contributed by atoms with E-state index in [2.05, 4.69) is 135 Å². The number of nitrogens with zero attached hydrogens (tertiary/aromatic N) is 10. The smallest absolute Gasteiger partial charge is 0.306 e. The minimum atomic E-state index is 0.527. The van der Waals surface area contributed by atoms with E-state index in [0.29, 0.717) is 5.70 Å². The van der Waals surface area contributed by atoms with Gasteiger partial charge in [-0.05, 0) is 23.8 Å². The molecular formula is C55H40N12Zn. The average molecular weight is 934 g/mol. The van der Waals surface area contributed by atoms with Crippen LogP contribution in [0.1, 0.15) is 33.6 Å². The Hall–Kier alpha value is -8.93. The molecule has 0 radical (unpaired) electrons. The van der Waals surface area contributed by atoms with Gasteiger partial charge in [-0.2, -0.15) is 0 Å². The quantitative estimate of drug-likeness (QED) is 0.0877. The van der Waals surface area contributed by atoms with Gasteiger partial charge in [0.2, 0.25) is 0 Å². The number of nitrogens with one attached hydrogen (secondary N) is 1. The second kappa shape index (κ2) is 18.2. The maximum atomic E-state index is 6.72. The van der Waals surface area contributed by atoms with Crippen LogP contribution in [0.15, 0.2) is 248 Å². The van der Waals surface area contributed by atoms with Crippen LogP contribution in [0.5, 0.6) is 0 Å². The van der Waals surface area contributed by atoms with E-state index in [1.165, 1.54) is 4.11 Å². The third-order valence-corrected chi connectivity index (χ3v) is 13.6. The van der Waals surface area contributed by atoms with Crippen LogP contribution in [0.25, 0.3) is 39.5 Å². The summed E-state index contributed by atoms with van der Waals surface area (Å²) < 4.78 is 9.14. The molecule has 4 aromatic carbocycles. The van der Waals surface area contributed by atoms with Gasteiger partial charge in [-0.15, -0.1) is 0 Å². The first-order chi connectivity index (χ1) is 33.5. The van der Waals surface area contributed by atoms with Gasteiger partial charge >= 0.3 is 276 Å². The zero-order valence-electron chi connectivity index (χ0n) is 36.7. The first kappa shape index (κ1) is 41.8. The van der Waals surface area contributed by atoms with Crippen molar-refractivity contribution in [3.05, 3.63) is 272 Å². The molecule has 322 valence electrons. The third kappa shape index (κ3) is 8.18. The number of imidazole rings is 4. The molecule has 0 saturated heterocycles. The molecule has 7 heterocycles. The van der Waals surface area contributed by atoms with E-state index in [-0.39, 0.29) is 0 Å². The number of allylic oxidation sites excluding steroid dienone is 6. The Kier molecular flexibility index (Phi) is 11.1. The van der Waals surface area contributed by atoms with E-state index in [0.717, 1.165) is 114 Å². The van der Waals surface area contributed by atoms with Crippen LogP contribution in [-0.4, -0.2) is 58.7 Å². The molecule has 0 aliphatic carbocycles. The molecule has 13 heteroatoms. The molecule has 0 fully saturated rings. The predicted octanol–water partition coefficient (Wildman–Crippen LogP) is 9.62. The standard InChI is InChI=1S/C55H40N12.Zn/c1-2-47(56)53(39-5-14-44(15-6-39)65-30-26-58-35-65)48-21-22-51(62-48)55(41-9-18-46(19-10-41)67-32-28-60-37-67)52-24-23-50(63-52)54(40-7-16-45(17-8-40)66-31-27-59-36-66)49-20-11-42(61-49)33-38-3-12-43(13-4-38)64-29-25-57-34-64;/h2-32,34-37,63H,1,56H2;/b53-47-,54-49-,55-51-;. The summed E-state index contributed by atoms with van der Waals surface area (Å²) in [5, 5.41) is 0. The van der Waals surface area contributed by atoms with Crippen molar-refractivity contribution in [2.24, 2.45) is 15.7 Å². The number of benzene rings is 4. The van der Waals surface area contributed by atoms with Crippen molar-refractivity contribution < 1.29 is 17.9 Å². The Bertz CT molecular complexity index is 3520. The summed E-state index contributed by atoms with van der Waals surface area (Å²) in [6.45, 7) is 4.03. The molecule has 0 amide bonds. The van der Waals surface area contributed by atoms with Crippen LogP contribution in [-0.2, 0) is 17.9 Å². The fourth-order valence-electron chi connectivity index (χ4n) is 8.47. The van der Waals surface area contributed by atoms with E-state index >= 15 is 0 Å². The third-order valence-electron chi connectivity index (χ3n) is 12.0. The van der Waals surface area contributed by atoms with Crippen LogP contribution >= 0.6 is 0 Å². The Morgan fingerprint density at radius 3 is 1.22 bits per heavy atom. The second-order valence-corrected chi connectivity index (χ2v) is 17.5. The van der Waals surface area contributed by atoms with Gasteiger partial charge in [0.05, 0.1) is 12.7 Å². The number of nitrogens with two attached hydrogens (primary N) is 1. The molecule has 68 heavy (non-hydrogen) atoms. The van der Waals surface area contributed by atoms with Crippen molar-refractivity contribution in [1.82, 2.24) is 43.2 Å². The van der Waals surface area contributed by atoms with Gasteiger partial charge < -0.3 is 14.9 Å². The van der Waals surface area contributed by atoms with Gasteiger partial charge in [-0.1, -0.05) is 18.7 Å². The molecule has 11 rings (SSSR count). The Labute approximate surface area is 401 Å². The van der Waals surface area contributed by atoms with E-state index in [4.69, 9.17) is 15.7 Å². The van der Waals surface area contributed by atoms with Crippen molar-refractivity contribution in [1.29, 1.82) is 0 Å². The molecule has 0 saturated carbocycles. The normalized spacial score (nSPS) is 15.0.